The van der Waals surface area contributed by atoms with Crippen LogP contribution >= 0.6 is 0 Å². The third-order valence-corrected chi connectivity index (χ3v) is 2.59. The highest BCUT2D eigenvalue weighted by molar-refractivity contribution is 5.95. The summed E-state index contributed by atoms with van der Waals surface area (Å²) in [6.45, 7) is 0.963. The molecule has 1 aromatic carbocycles. The maximum absolute atomic E-state index is 13.4. The van der Waals surface area contributed by atoms with Crippen molar-refractivity contribution in [3.05, 3.63) is 24.0 Å². The van der Waals surface area contributed by atoms with Crippen LogP contribution in [0.2, 0.25) is 0 Å². The third-order valence-electron chi connectivity index (χ3n) is 2.59. The normalized spacial score (nSPS) is 19.7. The fraction of sp³-hybridized carbons (Fsp3) is 0.364. The maximum Gasteiger partial charge on any atom is 0.230 e. The van der Waals surface area contributed by atoms with Crippen molar-refractivity contribution in [3.8, 4) is 0 Å². The molecule has 1 aromatic rings. The highest BCUT2D eigenvalue weighted by Crippen LogP contribution is 2.23. The summed E-state index contributed by atoms with van der Waals surface area (Å²) in [5.41, 5.74) is 5.87. The minimum Gasteiger partial charge on any atom is -0.397 e. The first-order chi connectivity index (χ1) is 7.68. The molecule has 1 aliphatic heterocycles. The molecule has 1 heterocycles. The van der Waals surface area contributed by atoms with Crippen LogP contribution in [0.3, 0.4) is 0 Å². The molecule has 1 fully saturated rings. The summed E-state index contributed by atoms with van der Waals surface area (Å²) in [4.78, 5) is 11.7. The first kappa shape index (κ1) is 10.9. The van der Waals surface area contributed by atoms with Gasteiger partial charge in [0, 0.05) is 6.61 Å². The lowest BCUT2D eigenvalue weighted by Gasteiger charge is -2.11. The van der Waals surface area contributed by atoms with Crippen molar-refractivity contribution in [1.29, 1.82) is 0 Å². The van der Waals surface area contributed by atoms with E-state index in [2.05, 4.69) is 5.32 Å². The fourth-order valence-electron chi connectivity index (χ4n) is 1.64. The van der Waals surface area contributed by atoms with Gasteiger partial charge in [-0.05, 0) is 18.6 Å². The number of rotatable bonds is 2. The van der Waals surface area contributed by atoms with Gasteiger partial charge < -0.3 is 15.8 Å². The first-order valence-corrected chi connectivity index (χ1v) is 5.11. The second-order valence-electron chi connectivity index (χ2n) is 3.75. The molecule has 1 unspecified atom stereocenters. The molecule has 0 bridgehead atoms. The molecular weight excluding hydrogens is 211 g/mol. The Balaban J connectivity index is 2.11. The fourth-order valence-corrected chi connectivity index (χ4v) is 1.64. The van der Waals surface area contributed by atoms with Crippen molar-refractivity contribution >= 4 is 17.3 Å². The molecule has 0 aromatic heterocycles. The van der Waals surface area contributed by atoms with E-state index in [4.69, 9.17) is 10.5 Å². The van der Waals surface area contributed by atoms with Gasteiger partial charge in [-0.25, -0.2) is 4.39 Å². The molecule has 0 saturated carbocycles. The van der Waals surface area contributed by atoms with Crippen molar-refractivity contribution in [2.45, 2.75) is 6.42 Å². The second-order valence-corrected chi connectivity index (χ2v) is 3.75. The zero-order chi connectivity index (χ0) is 11.5. The van der Waals surface area contributed by atoms with Crippen LogP contribution in [-0.4, -0.2) is 19.1 Å². The average molecular weight is 224 g/mol. The summed E-state index contributed by atoms with van der Waals surface area (Å²) in [6.07, 6.45) is 0.667. The van der Waals surface area contributed by atoms with Crippen molar-refractivity contribution in [1.82, 2.24) is 0 Å². The molecule has 0 spiro atoms. The smallest absolute Gasteiger partial charge is 0.230 e. The van der Waals surface area contributed by atoms with Crippen molar-refractivity contribution < 1.29 is 13.9 Å². The molecule has 4 nitrogen and oxygen atoms in total. The van der Waals surface area contributed by atoms with Gasteiger partial charge in [-0.2, -0.15) is 0 Å². The Morgan fingerprint density at radius 3 is 3.00 bits per heavy atom. The van der Waals surface area contributed by atoms with Crippen LogP contribution in [0.1, 0.15) is 6.42 Å². The van der Waals surface area contributed by atoms with E-state index in [9.17, 15) is 9.18 Å². The lowest BCUT2D eigenvalue weighted by Crippen LogP contribution is -2.23. The standard InChI is InChI=1S/C11H13FN2O2/c12-8-2-1-3-9(13)10(8)14-11(15)7-4-5-16-6-7/h1-3,7H,4-6,13H2,(H,14,15). The van der Waals surface area contributed by atoms with Gasteiger partial charge in [0.1, 0.15) is 11.5 Å². The molecule has 0 radical (unpaired) electrons. The van der Waals surface area contributed by atoms with E-state index in [1.165, 1.54) is 12.1 Å². The van der Waals surface area contributed by atoms with E-state index in [0.29, 0.717) is 19.6 Å². The molecule has 1 amide bonds. The summed E-state index contributed by atoms with van der Waals surface area (Å²) < 4.78 is 18.5. The minimum absolute atomic E-state index is 0.0550. The number of anilines is 2. The third kappa shape index (κ3) is 2.14. The first-order valence-electron chi connectivity index (χ1n) is 5.11. The maximum atomic E-state index is 13.4. The highest BCUT2D eigenvalue weighted by atomic mass is 19.1. The molecule has 1 atom stereocenters. The summed E-state index contributed by atoms with van der Waals surface area (Å²) in [5.74, 6) is -0.972. The number of halogens is 1. The quantitative estimate of drug-likeness (QED) is 0.746. The summed E-state index contributed by atoms with van der Waals surface area (Å²) in [5, 5.41) is 2.50. The summed E-state index contributed by atoms with van der Waals surface area (Å²) in [7, 11) is 0. The van der Waals surface area contributed by atoms with E-state index in [0.717, 1.165) is 0 Å². The predicted molar refractivity (Wildman–Crippen MR) is 58.4 cm³/mol. The summed E-state index contributed by atoms with van der Waals surface area (Å²) in [6, 6.07) is 4.31. The Hall–Kier alpha value is -1.62. The van der Waals surface area contributed by atoms with Gasteiger partial charge in [-0.15, -0.1) is 0 Å². The monoisotopic (exact) mass is 224 g/mol. The molecule has 1 saturated heterocycles. The zero-order valence-electron chi connectivity index (χ0n) is 8.70. The number of hydrogen-bond acceptors (Lipinski definition) is 3. The molecule has 86 valence electrons. The van der Waals surface area contributed by atoms with Crippen LogP contribution < -0.4 is 11.1 Å². The largest absolute Gasteiger partial charge is 0.397 e. The molecule has 2 rings (SSSR count). The number of nitrogen functional groups attached to an aromatic ring is 1. The lowest BCUT2D eigenvalue weighted by atomic mass is 10.1. The molecular formula is C11H13FN2O2. The number of ether oxygens (including phenoxy) is 1. The highest BCUT2D eigenvalue weighted by Gasteiger charge is 2.24. The number of carbonyl (C=O) groups excluding carboxylic acids is 1. The number of nitrogens with two attached hydrogens (primary N) is 1. The molecule has 3 N–H and O–H groups in total. The molecule has 0 aliphatic carbocycles. The van der Waals surface area contributed by atoms with Gasteiger partial charge in [0.25, 0.3) is 0 Å². The van der Waals surface area contributed by atoms with Gasteiger partial charge in [0.15, 0.2) is 0 Å². The lowest BCUT2D eigenvalue weighted by molar-refractivity contribution is -0.119. The minimum atomic E-state index is -0.521. The van der Waals surface area contributed by atoms with E-state index < -0.39 is 5.82 Å². The van der Waals surface area contributed by atoms with Crippen LogP contribution in [0.15, 0.2) is 18.2 Å². The SMILES string of the molecule is Nc1cccc(F)c1NC(=O)C1CCOC1. The topological polar surface area (TPSA) is 64.3 Å². The average Bonchev–Trinajstić information content (AvgIpc) is 2.76. The number of amides is 1. The van der Waals surface area contributed by atoms with Crippen molar-refractivity contribution in [2.75, 3.05) is 24.3 Å². The van der Waals surface area contributed by atoms with Crippen LogP contribution in [0.4, 0.5) is 15.8 Å². The van der Waals surface area contributed by atoms with Crippen LogP contribution in [-0.2, 0) is 9.53 Å². The van der Waals surface area contributed by atoms with E-state index in [1.807, 2.05) is 0 Å². The summed E-state index contributed by atoms with van der Waals surface area (Å²) >= 11 is 0. The van der Waals surface area contributed by atoms with Crippen LogP contribution in [0.25, 0.3) is 0 Å². The van der Waals surface area contributed by atoms with Gasteiger partial charge in [-0.1, -0.05) is 6.07 Å². The van der Waals surface area contributed by atoms with Crippen molar-refractivity contribution in [2.24, 2.45) is 5.92 Å². The van der Waals surface area contributed by atoms with E-state index in [-0.39, 0.29) is 23.2 Å². The Labute approximate surface area is 92.6 Å². The number of nitrogens with one attached hydrogen (secondary N) is 1. The van der Waals surface area contributed by atoms with E-state index >= 15 is 0 Å². The number of para-hydroxylation sites is 1. The molecule has 1 aliphatic rings. The van der Waals surface area contributed by atoms with Gasteiger partial charge >= 0.3 is 0 Å². The number of carbonyl (C=O) groups is 1. The van der Waals surface area contributed by atoms with Gasteiger partial charge in [-0.3, -0.25) is 4.79 Å². The molecule has 5 heteroatoms. The van der Waals surface area contributed by atoms with Gasteiger partial charge in [0.2, 0.25) is 5.91 Å². The van der Waals surface area contributed by atoms with Crippen molar-refractivity contribution in [3.63, 3.8) is 0 Å². The number of hydrogen-bond donors (Lipinski definition) is 2. The second kappa shape index (κ2) is 4.49. The Morgan fingerprint density at radius 1 is 1.56 bits per heavy atom. The molecule has 16 heavy (non-hydrogen) atoms. The Kier molecular flexibility index (Phi) is 3.05. The van der Waals surface area contributed by atoms with Gasteiger partial charge in [0.05, 0.1) is 18.2 Å². The Morgan fingerprint density at radius 2 is 2.38 bits per heavy atom. The predicted octanol–water partition coefficient (Wildman–Crippen LogP) is 1.38. The van der Waals surface area contributed by atoms with E-state index in [1.54, 1.807) is 6.07 Å². The Bertz CT molecular complexity index is 383. The number of benzene rings is 1. The zero-order valence-corrected chi connectivity index (χ0v) is 8.70. The van der Waals surface area contributed by atoms with Crippen LogP contribution in [0.5, 0.6) is 0 Å². The van der Waals surface area contributed by atoms with Crippen LogP contribution in [0, 0.1) is 11.7 Å².